The Hall–Kier alpha value is -1.56. The quantitative estimate of drug-likeness (QED) is 0.916. The molecule has 1 atom stereocenters. The van der Waals surface area contributed by atoms with Gasteiger partial charge in [-0.15, -0.1) is 0 Å². The number of piperidine rings is 1. The number of halogens is 1. The number of methoxy groups -OCH3 is 1. The molecule has 1 aromatic carbocycles. The molecule has 1 aromatic rings. The zero-order valence-electron chi connectivity index (χ0n) is 11.1. The summed E-state index contributed by atoms with van der Waals surface area (Å²) in [5.41, 5.74) is 0.531. The predicted octanol–water partition coefficient (Wildman–Crippen LogP) is 2.39. The number of likely N-dealkylation sites (tertiary alicyclic amines) is 1. The van der Waals surface area contributed by atoms with Crippen molar-refractivity contribution in [3.63, 3.8) is 0 Å². The first kappa shape index (κ1) is 14.8. The van der Waals surface area contributed by atoms with Crippen molar-refractivity contribution in [1.29, 1.82) is 0 Å². The molecule has 20 heavy (non-hydrogen) atoms. The van der Waals surface area contributed by atoms with E-state index in [1.807, 2.05) is 0 Å². The maximum atomic E-state index is 12.4. The van der Waals surface area contributed by atoms with E-state index in [0.29, 0.717) is 28.8 Å². The maximum absolute atomic E-state index is 12.4. The monoisotopic (exact) mass is 341 g/mol. The van der Waals surface area contributed by atoms with Crippen LogP contribution in [0.4, 0.5) is 0 Å². The van der Waals surface area contributed by atoms with Gasteiger partial charge in [0.2, 0.25) is 0 Å². The molecular weight excluding hydrogens is 326 g/mol. The number of carbonyl (C=O) groups excluding carboxylic acids is 1. The molecule has 1 aliphatic rings. The second-order valence-corrected chi connectivity index (χ2v) is 5.63. The molecular formula is C14H16BrNO4. The topological polar surface area (TPSA) is 66.8 Å². The molecule has 0 aromatic heterocycles. The van der Waals surface area contributed by atoms with Crippen molar-refractivity contribution in [3.05, 3.63) is 28.2 Å². The molecule has 1 amide bonds. The molecule has 0 saturated carbocycles. The van der Waals surface area contributed by atoms with Gasteiger partial charge in [-0.3, -0.25) is 9.59 Å². The maximum Gasteiger partial charge on any atom is 0.308 e. The third-order valence-electron chi connectivity index (χ3n) is 3.46. The zero-order valence-corrected chi connectivity index (χ0v) is 12.7. The summed E-state index contributed by atoms with van der Waals surface area (Å²) in [6.07, 6.45) is 1.35. The Morgan fingerprint density at radius 2 is 2.20 bits per heavy atom. The molecule has 108 valence electrons. The van der Waals surface area contributed by atoms with Gasteiger partial charge in [-0.05, 0) is 47.0 Å². The molecule has 1 N–H and O–H groups in total. The molecule has 5 nitrogen and oxygen atoms in total. The highest BCUT2D eigenvalue weighted by Crippen LogP contribution is 2.27. The highest BCUT2D eigenvalue weighted by molar-refractivity contribution is 9.10. The number of amides is 1. The van der Waals surface area contributed by atoms with E-state index in [2.05, 4.69) is 15.9 Å². The number of ether oxygens (including phenoxy) is 1. The van der Waals surface area contributed by atoms with E-state index in [-0.39, 0.29) is 12.5 Å². The van der Waals surface area contributed by atoms with Crippen molar-refractivity contribution in [3.8, 4) is 5.75 Å². The van der Waals surface area contributed by atoms with Crippen LogP contribution in [-0.2, 0) is 4.79 Å². The van der Waals surface area contributed by atoms with Crippen LogP contribution in [0.3, 0.4) is 0 Å². The van der Waals surface area contributed by atoms with Crippen LogP contribution in [0.1, 0.15) is 23.2 Å². The summed E-state index contributed by atoms with van der Waals surface area (Å²) in [7, 11) is 1.56. The number of nitrogens with zero attached hydrogens (tertiary/aromatic N) is 1. The van der Waals surface area contributed by atoms with E-state index in [1.54, 1.807) is 30.2 Å². The zero-order chi connectivity index (χ0) is 14.7. The second kappa shape index (κ2) is 6.26. The van der Waals surface area contributed by atoms with Crippen molar-refractivity contribution < 1.29 is 19.4 Å². The molecule has 1 unspecified atom stereocenters. The highest BCUT2D eigenvalue weighted by atomic mass is 79.9. The van der Waals surface area contributed by atoms with Crippen LogP contribution in [0.15, 0.2) is 22.7 Å². The van der Waals surface area contributed by atoms with Gasteiger partial charge in [0.25, 0.3) is 5.91 Å². The lowest BCUT2D eigenvalue weighted by Gasteiger charge is -2.30. The Balaban J connectivity index is 2.14. The van der Waals surface area contributed by atoms with Gasteiger partial charge in [0.1, 0.15) is 5.75 Å². The Kier molecular flexibility index (Phi) is 4.65. The Labute approximate surface area is 125 Å². The summed E-state index contributed by atoms with van der Waals surface area (Å²) in [6.45, 7) is 0.879. The standard InChI is InChI=1S/C14H16BrNO4/c1-20-12-5-4-9(7-11(12)15)13(17)16-6-2-3-10(8-16)14(18)19/h4-5,7,10H,2-3,6,8H2,1H3,(H,18,19). The van der Waals surface area contributed by atoms with Crippen molar-refractivity contribution in [2.45, 2.75) is 12.8 Å². The van der Waals surface area contributed by atoms with Crippen LogP contribution in [-0.4, -0.2) is 42.1 Å². The third kappa shape index (κ3) is 3.12. The normalized spacial score (nSPS) is 18.7. The van der Waals surface area contributed by atoms with E-state index in [9.17, 15) is 9.59 Å². The fraction of sp³-hybridized carbons (Fsp3) is 0.429. The van der Waals surface area contributed by atoms with Gasteiger partial charge in [0.05, 0.1) is 17.5 Å². The van der Waals surface area contributed by atoms with E-state index in [0.717, 1.165) is 6.42 Å². The van der Waals surface area contributed by atoms with Crippen molar-refractivity contribution in [2.24, 2.45) is 5.92 Å². The van der Waals surface area contributed by atoms with Crippen LogP contribution in [0, 0.1) is 5.92 Å². The van der Waals surface area contributed by atoms with E-state index >= 15 is 0 Å². The molecule has 1 aliphatic heterocycles. The van der Waals surface area contributed by atoms with Crippen LogP contribution in [0.5, 0.6) is 5.75 Å². The lowest BCUT2D eigenvalue weighted by Crippen LogP contribution is -2.42. The first-order valence-electron chi connectivity index (χ1n) is 6.38. The fourth-order valence-corrected chi connectivity index (χ4v) is 2.89. The van der Waals surface area contributed by atoms with Gasteiger partial charge in [0.15, 0.2) is 0 Å². The summed E-state index contributed by atoms with van der Waals surface area (Å²) in [6, 6.07) is 5.11. The molecule has 0 aliphatic carbocycles. The summed E-state index contributed by atoms with van der Waals surface area (Å²) in [5, 5.41) is 9.06. The van der Waals surface area contributed by atoms with Crippen molar-refractivity contribution in [1.82, 2.24) is 4.90 Å². The second-order valence-electron chi connectivity index (χ2n) is 4.78. The van der Waals surface area contributed by atoms with Gasteiger partial charge < -0.3 is 14.7 Å². The molecule has 2 rings (SSSR count). The number of hydrogen-bond acceptors (Lipinski definition) is 3. The molecule has 0 spiro atoms. The summed E-state index contributed by atoms with van der Waals surface area (Å²) < 4.78 is 5.83. The Morgan fingerprint density at radius 3 is 2.80 bits per heavy atom. The number of hydrogen-bond donors (Lipinski definition) is 1. The minimum Gasteiger partial charge on any atom is -0.496 e. The van der Waals surface area contributed by atoms with Gasteiger partial charge in [-0.1, -0.05) is 0 Å². The van der Waals surface area contributed by atoms with Gasteiger partial charge in [0, 0.05) is 18.7 Å². The Bertz CT molecular complexity index is 532. The van der Waals surface area contributed by atoms with E-state index in [4.69, 9.17) is 9.84 Å². The van der Waals surface area contributed by atoms with Crippen molar-refractivity contribution in [2.75, 3.05) is 20.2 Å². The van der Waals surface area contributed by atoms with Crippen LogP contribution in [0.2, 0.25) is 0 Å². The molecule has 0 radical (unpaired) electrons. The SMILES string of the molecule is COc1ccc(C(=O)N2CCCC(C(=O)O)C2)cc1Br. The number of aliphatic carboxylic acids is 1. The summed E-state index contributed by atoms with van der Waals surface area (Å²) in [5.74, 6) is -0.782. The molecule has 1 heterocycles. The van der Waals surface area contributed by atoms with Crippen LogP contribution >= 0.6 is 15.9 Å². The van der Waals surface area contributed by atoms with Gasteiger partial charge in [-0.25, -0.2) is 0 Å². The smallest absolute Gasteiger partial charge is 0.308 e. The molecule has 6 heteroatoms. The minimum absolute atomic E-state index is 0.140. The largest absolute Gasteiger partial charge is 0.496 e. The third-order valence-corrected chi connectivity index (χ3v) is 4.08. The lowest BCUT2D eigenvalue weighted by atomic mass is 9.97. The van der Waals surface area contributed by atoms with Gasteiger partial charge in [-0.2, -0.15) is 0 Å². The number of rotatable bonds is 3. The van der Waals surface area contributed by atoms with Gasteiger partial charge >= 0.3 is 5.97 Å². The first-order chi connectivity index (χ1) is 9.52. The summed E-state index contributed by atoms with van der Waals surface area (Å²) >= 11 is 3.34. The highest BCUT2D eigenvalue weighted by Gasteiger charge is 2.28. The number of carboxylic acids is 1. The van der Waals surface area contributed by atoms with Crippen LogP contribution in [0.25, 0.3) is 0 Å². The predicted molar refractivity (Wildman–Crippen MR) is 77.0 cm³/mol. The average molecular weight is 342 g/mol. The van der Waals surface area contributed by atoms with E-state index in [1.165, 1.54) is 0 Å². The molecule has 1 saturated heterocycles. The molecule has 0 bridgehead atoms. The first-order valence-corrected chi connectivity index (χ1v) is 7.18. The van der Waals surface area contributed by atoms with E-state index < -0.39 is 11.9 Å². The number of benzene rings is 1. The number of carbonyl (C=O) groups is 2. The van der Waals surface area contributed by atoms with Crippen molar-refractivity contribution >= 4 is 27.8 Å². The molecule has 1 fully saturated rings. The minimum atomic E-state index is -0.835. The average Bonchev–Trinajstić information content (AvgIpc) is 2.46. The summed E-state index contributed by atoms with van der Waals surface area (Å²) in [4.78, 5) is 25.0. The fourth-order valence-electron chi connectivity index (χ4n) is 2.35. The lowest BCUT2D eigenvalue weighted by molar-refractivity contribution is -0.143. The van der Waals surface area contributed by atoms with Crippen LogP contribution < -0.4 is 4.74 Å². The Morgan fingerprint density at radius 1 is 1.45 bits per heavy atom. The number of carboxylic acid groups (broad SMARTS) is 1.